The molecule has 0 heterocycles. The molecule has 1 rings (SSSR count). The van der Waals surface area contributed by atoms with Gasteiger partial charge in [0.15, 0.2) is 0 Å². The summed E-state index contributed by atoms with van der Waals surface area (Å²) >= 11 is 0. The lowest BCUT2D eigenvalue weighted by Gasteiger charge is -2.28. The van der Waals surface area contributed by atoms with Crippen molar-refractivity contribution >= 4 is 5.71 Å². The van der Waals surface area contributed by atoms with Crippen molar-refractivity contribution in [3.8, 4) is 0 Å². The fourth-order valence-corrected chi connectivity index (χ4v) is 2.64. The van der Waals surface area contributed by atoms with Crippen LogP contribution in [-0.2, 0) is 0 Å². The highest BCUT2D eigenvalue weighted by Gasteiger charge is 2.34. The third kappa shape index (κ3) is 1.70. The molecule has 0 radical (unpaired) electrons. The Morgan fingerprint density at radius 1 is 1.25 bits per heavy atom. The summed E-state index contributed by atoms with van der Waals surface area (Å²) < 4.78 is 0. The number of hydrogen-bond acceptors (Lipinski definition) is 1. The van der Waals surface area contributed by atoms with Crippen LogP contribution in [0.15, 0.2) is 4.99 Å². The van der Waals surface area contributed by atoms with E-state index in [0.29, 0.717) is 11.3 Å². The minimum absolute atomic E-state index is 0.433. The number of nitrogens with zero attached hydrogens (tertiary/aromatic N) is 1. The summed E-state index contributed by atoms with van der Waals surface area (Å²) in [5.41, 5.74) is 1.86. The maximum absolute atomic E-state index is 4.46. The maximum Gasteiger partial charge on any atom is 0.0276 e. The zero-order valence-corrected chi connectivity index (χ0v) is 8.85. The number of aliphatic imine (C=N–C) groups is 1. The minimum Gasteiger partial charge on any atom is -0.297 e. The first-order valence-corrected chi connectivity index (χ1v) is 5.07. The first kappa shape index (κ1) is 9.76. The summed E-state index contributed by atoms with van der Waals surface area (Å²) in [6.45, 7) is 6.89. The van der Waals surface area contributed by atoms with Gasteiger partial charge in [-0.3, -0.25) is 4.99 Å². The first-order valence-electron chi connectivity index (χ1n) is 5.07. The zero-order valence-electron chi connectivity index (χ0n) is 8.85. The Morgan fingerprint density at radius 3 is 2.08 bits per heavy atom. The van der Waals surface area contributed by atoms with Gasteiger partial charge in [0.1, 0.15) is 0 Å². The van der Waals surface area contributed by atoms with E-state index >= 15 is 0 Å². The average Bonchev–Trinajstić information content (AvgIpc) is 2.37. The molecule has 0 spiro atoms. The molecule has 70 valence electrons. The Balaban J connectivity index is 2.77. The SMILES string of the molecule is CN=C(C(C)C)C1(C)CCCC1. The second-order valence-corrected chi connectivity index (χ2v) is 4.53. The van der Waals surface area contributed by atoms with E-state index in [1.165, 1.54) is 31.4 Å². The molecule has 0 amide bonds. The molecule has 0 bridgehead atoms. The van der Waals surface area contributed by atoms with Gasteiger partial charge < -0.3 is 0 Å². The van der Waals surface area contributed by atoms with Crippen LogP contribution >= 0.6 is 0 Å². The van der Waals surface area contributed by atoms with E-state index in [2.05, 4.69) is 25.8 Å². The molecule has 12 heavy (non-hydrogen) atoms. The van der Waals surface area contributed by atoms with Crippen LogP contribution in [0.1, 0.15) is 46.5 Å². The lowest BCUT2D eigenvalue weighted by Crippen LogP contribution is -2.28. The van der Waals surface area contributed by atoms with Crippen LogP contribution in [-0.4, -0.2) is 12.8 Å². The van der Waals surface area contributed by atoms with E-state index in [-0.39, 0.29) is 0 Å². The number of rotatable bonds is 2. The minimum atomic E-state index is 0.433. The van der Waals surface area contributed by atoms with Crippen molar-refractivity contribution in [2.75, 3.05) is 7.05 Å². The normalized spacial score (nSPS) is 23.6. The van der Waals surface area contributed by atoms with E-state index in [0.717, 1.165) is 0 Å². The van der Waals surface area contributed by atoms with Gasteiger partial charge in [0.05, 0.1) is 0 Å². The third-order valence-electron chi connectivity index (χ3n) is 3.11. The lowest BCUT2D eigenvalue weighted by atomic mass is 9.78. The van der Waals surface area contributed by atoms with Crippen molar-refractivity contribution in [2.24, 2.45) is 16.3 Å². The van der Waals surface area contributed by atoms with Crippen molar-refractivity contribution in [1.82, 2.24) is 0 Å². The molecule has 0 aliphatic heterocycles. The second kappa shape index (κ2) is 3.59. The van der Waals surface area contributed by atoms with E-state index in [4.69, 9.17) is 0 Å². The standard InChI is InChI=1S/C11H21N/c1-9(2)10(12-4)11(3)7-5-6-8-11/h9H,5-8H2,1-4H3. The molecule has 0 aromatic rings. The van der Waals surface area contributed by atoms with E-state index < -0.39 is 0 Å². The van der Waals surface area contributed by atoms with Crippen LogP contribution in [0.2, 0.25) is 0 Å². The lowest BCUT2D eigenvalue weighted by molar-refractivity contribution is 0.464. The fourth-order valence-electron chi connectivity index (χ4n) is 2.64. The van der Waals surface area contributed by atoms with Crippen LogP contribution in [0, 0.1) is 11.3 Å². The summed E-state index contributed by atoms with van der Waals surface area (Å²) in [7, 11) is 1.94. The van der Waals surface area contributed by atoms with Crippen LogP contribution in [0.3, 0.4) is 0 Å². The molecule has 1 fully saturated rings. The predicted molar refractivity (Wildman–Crippen MR) is 54.8 cm³/mol. The molecular weight excluding hydrogens is 146 g/mol. The van der Waals surface area contributed by atoms with Crippen molar-refractivity contribution in [2.45, 2.75) is 46.5 Å². The predicted octanol–water partition coefficient (Wildman–Crippen LogP) is 3.29. The molecule has 0 aromatic carbocycles. The highest BCUT2D eigenvalue weighted by Crippen LogP contribution is 2.40. The van der Waals surface area contributed by atoms with Gasteiger partial charge in [-0.15, -0.1) is 0 Å². The van der Waals surface area contributed by atoms with Gasteiger partial charge >= 0.3 is 0 Å². The monoisotopic (exact) mass is 167 g/mol. The summed E-state index contributed by atoms with van der Waals surface area (Å²) in [6.07, 6.45) is 5.47. The van der Waals surface area contributed by atoms with Crippen LogP contribution < -0.4 is 0 Å². The quantitative estimate of drug-likeness (QED) is 0.560. The second-order valence-electron chi connectivity index (χ2n) is 4.53. The molecule has 1 nitrogen and oxygen atoms in total. The van der Waals surface area contributed by atoms with E-state index in [9.17, 15) is 0 Å². The summed E-state index contributed by atoms with van der Waals surface area (Å²) in [5.74, 6) is 0.623. The zero-order chi connectivity index (χ0) is 9.19. The Kier molecular flexibility index (Phi) is 2.92. The fraction of sp³-hybridized carbons (Fsp3) is 0.909. The van der Waals surface area contributed by atoms with Gasteiger partial charge in [0.25, 0.3) is 0 Å². The van der Waals surface area contributed by atoms with Gasteiger partial charge in [-0.1, -0.05) is 33.6 Å². The summed E-state index contributed by atoms with van der Waals surface area (Å²) in [4.78, 5) is 4.46. The molecule has 0 atom stereocenters. The average molecular weight is 167 g/mol. The maximum atomic E-state index is 4.46. The topological polar surface area (TPSA) is 12.4 Å². The Hall–Kier alpha value is -0.330. The molecule has 1 aliphatic carbocycles. The van der Waals surface area contributed by atoms with Crippen molar-refractivity contribution in [1.29, 1.82) is 0 Å². The molecule has 0 saturated heterocycles. The van der Waals surface area contributed by atoms with Gasteiger partial charge in [0, 0.05) is 18.2 Å². The molecule has 1 heteroatoms. The van der Waals surface area contributed by atoms with Crippen LogP contribution in [0.5, 0.6) is 0 Å². The van der Waals surface area contributed by atoms with Crippen molar-refractivity contribution in [3.05, 3.63) is 0 Å². The Morgan fingerprint density at radius 2 is 1.75 bits per heavy atom. The summed E-state index contributed by atoms with van der Waals surface area (Å²) in [6, 6.07) is 0. The molecular formula is C11H21N. The number of hydrogen-bond donors (Lipinski definition) is 0. The van der Waals surface area contributed by atoms with Crippen LogP contribution in [0.25, 0.3) is 0 Å². The highest BCUT2D eigenvalue weighted by molar-refractivity contribution is 5.91. The smallest absolute Gasteiger partial charge is 0.0276 e. The van der Waals surface area contributed by atoms with E-state index in [1.807, 2.05) is 7.05 Å². The van der Waals surface area contributed by atoms with E-state index in [1.54, 1.807) is 0 Å². The molecule has 0 unspecified atom stereocenters. The molecule has 1 aliphatic rings. The summed E-state index contributed by atoms with van der Waals surface area (Å²) in [5, 5.41) is 0. The highest BCUT2D eigenvalue weighted by atomic mass is 14.7. The molecule has 0 N–H and O–H groups in total. The molecule has 1 saturated carbocycles. The van der Waals surface area contributed by atoms with Gasteiger partial charge in [-0.2, -0.15) is 0 Å². The van der Waals surface area contributed by atoms with Crippen molar-refractivity contribution in [3.63, 3.8) is 0 Å². The third-order valence-corrected chi connectivity index (χ3v) is 3.11. The van der Waals surface area contributed by atoms with Crippen molar-refractivity contribution < 1.29 is 0 Å². The van der Waals surface area contributed by atoms with Gasteiger partial charge in [-0.25, -0.2) is 0 Å². The van der Waals surface area contributed by atoms with Gasteiger partial charge in [-0.05, 0) is 18.8 Å². The first-order chi connectivity index (χ1) is 5.60. The Bertz CT molecular complexity index is 173. The largest absolute Gasteiger partial charge is 0.297 e. The van der Waals surface area contributed by atoms with Gasteiger partial charge in [0.2, 0.25) is 0 Å². The van der Waals surface area contributed by atoms with Crippen LogP contribution in [0.4, 0.5) is 0 Å². The molecule has 0 aromatic heterocycles. The Labute approximate surface area is 76.3 Å².